The van der Waals surface area contributed by atoms with Crippen molar-refractivity contribution in [1.82, 2.24) is 14.9 Å². The van der Waals surface area contributed by atoms with Gasteiger partial charge in [-0.05, 0) is 36.8 Å². The van der Waals surface area contributed by atoms with Gasteiger partial charge in [0.05, 0.1) is 11.1 Å². The Bertz CT molecular complexity index is 248. The number of nitrogens with zero attached hydrogens (tertiary/aromatic N) is 2. The molecule has 86 valence electrons. The van der Waals surface area contributed by atoms with Crippen LogP contribution in [0.2, 0.25) is 0 Å². The molecule has 1 rings (SSSR count). The van der Waals surface area contributed by atoms with Crippen molar-refractivity contribution in [1.29, 1.82) is 0 Å². The average Bonchev–Trinajstić information content (AvgIpc) is 2.77. The van der Waals surface area contributed by atoms with Crippen molar-refractivity contribution in [3.63, 3.8) is 0 Å². The summed E-state index contributed by atoms with van der Waals surface area (Å²) in [5.74, 6) is 0.751. The van der Waals surface area contributed by atoms with Crippen molar-refractivity contribution in [3.05, 3.63) is 11.1 Å². The predicted octanol–water partition coefficient (Wildman–Crippen LogP) is 3.02. The van der Waals surface area contributed by atoms with Gasteiger partial charge in [-0.25, -0.2) is 0 Å². The maximum absolute atomic E-state index is 3.94. The zero-order chi connectivity index (χ0) is 11.1. The van der Waals surface area contributed by atoms with E-state index in [0.29, 0.717) is 6.04 Å². The van der Waals surface area contributed by atoms with Crippen LogP contribution in [-0.4, -0.2) is 16.1 Å². The fourth-order valence-corrected chi connectivity index (χ4v) is 2.11. The zero-order valence-corrected chi connectivity index (χ0v) is 10.7. The fourth-order valence-electron chi connectivity index (χ4n) is 1.52. The molecule has 1 heterocycles. The van der Waals surface area contributed by atoms with Crippen LogP contribution < -0.4 is 5.32 Å². The van der Waals surface area contributed by atoms with Gasteiger partial charge in [-0.1, -0.05) is 31.7 Å². The van der Waals surface area contributed by atoms with E-state index >= 15 is 0 Å². The minimum Gasteiger partial charge on any atom is -0.309 e. The van der Waals surface area contributed by atoms with E-state index in [1.54, 1.807) is 0 Å². The van der Waals surface area contributed by atoms with Gasteiger partial charge in [-0.15, -0.1) is 5.10 Å². The normalized spacial score (nSPS) is 15.1. The summed E-state index contributed by atoms with van der Waals surface area (Å²) in [7, 11) is 0. The molecule has 0 saturated heterocycles. The van der Waals surface area contributed by atoms with Crippen molar-refractivity contribution < 1.29 is 0 Å². The Morgan fingerprint density at radius 3 is 2.80 bits per heavy atom. The lowest BCUT2D eigenvalue weighted by atomic mass is 9.98. The summed E-state index contributed by atoms with van der Waals surface area (Å²) in [6, 6.07) is 0.444. The van der Waals surface area contributed by atoms with E-state index in [4.69, 9.17) is 0 Å². The lowest BCUT2D eigenvalue weighted by Gasteiger charge is -2.19. The van der Waals surface area contributed by atoms with Crippen LogP contribution in [0.25, 0.3) is 0 Å². The molecule has 1 aromatic rings. The lowest BCUT2D eigenvalue weighted by Crippen LogP contribution is -2.23. The van der Waals surface area contributed by atoms with E-state index in [1.165, 1.54) is 35.7 Å². The third-order valence-corrected chi connectivity index (χ3v) is 3.47. The summed E-state index contributed by atoms with van der Waals surface area (Å²) in [4.78, 5) is 1.27. The number of rotatable bonds is 7. The molecule has 2 unspecified atom stereocenters. The molecule has 0 aromatic carbocycles. The van der Waals surface area contributed by atoms with Crippen LogP contribution in [0.15, 0.2) is 6.20 Å². The van der Waals surface area contributed by atoms with Crippen LogP contribution in [0.1, 0.15) is 51.0 Å². The van der Waals surface area contributed by atoms with Gasteiger partial charge >= 0.3 is 0 Å². The second kappa shape index (κ2) is 6.90. The molecule has 2 atom stereocenters. The first kappa shape index (κ1) is 12.6. The van der Waals surface area contributed by atoms with E-state index in [1.807, 2.05) is 6.20 Å². The monoisotopic (exact) mass is 227 g/mol. The van der Waals surface area contributed by atoms with Crippen LogP contribution in [0.5, 0.6) is 0 Å². The van der Waals surface area contributed by atoms with E-state index in [9.17, 15) is 0 Å². The van der Waals surface area contributed by atoms with Gasteiger partial charge in [-0.2, -0.15) is 0 Å². The van der Waals surface area contributed by atoms with E-state index in [2.05, 4.69) is 35.7 Å². The van der Waals surface area contributed by atoms with Crippen LogP contribution in [0.4, 0.5) is 0 Å². The highest BCUT2D eigenvalue weighted by Crippen LogP contribution is 2.24. The minimum atomic E-state index is 0.444. The minimum absolute atomic E-state index is 0.444. The smallest absolute Gasteiger partial charge is 0.0669 e. The van der Waals surface area contributed by atoms with Crippen LogP contribution in [0.3, 0.4) is 0 Å². The quantitative estimate of drug-likeness (QED) is 0.778. The summed E-state index contributed by atoms with van der Waals surface area (Å²) >= 11 is 1.51. The molecule has 0 aliphatic rings. The second-order valence-electron chi connectivity index (χ2n) is 4.08. The van der Waals surface area contributed by atoms with Crippen molar-refractivity contribution >= 4 is 11.5 Å². The fraction of sp³-hybridized carbons (Fsp3) is 0.818. The molecule has 1 N–H and O–H groups in total. The Morgan fingerprint density at radius 2 is 2.27 bits per heavy atom. The second-order valence-corrected chi connectivity index (χ2v) is 4.89. The SMILES string of the molecule is CCCNC(CC(C)CC)c1cnns1. The van der Waals surface area contributed by atoms with Crippen molar-refractivity contribution in [2.24, 2.45) is 5.92 Å². The highest BCUT2D eigenvalue weighted by atomic mass is 32.1. The van der Waals surface area contributed by atoms with Crippen LogP contribution in [-0.2, 0) is 0 Å². The van der Waals surface area contributed by atoms with E-state index in [0.717, 1.165) is 12.5 Å². The third-order valence-electron chi connectivity index (χ3n) is 2.70. The molecule has 0 aliphatic carbocycles. The summed E-state index contributed by atoms with van der Waals surface area (Å²) in [5, 5.41) is 7.48. The Kier molecular flexibility index (Phi) is 5.79. The summed E-state index contributed by atoms with van der Waals surface area (Å²) in [5.41, 5.74) is 0. The van der Waals surface area contributed by atoms with E-state index in [-0.39, 0.29) is 0 Å². The Morgan fingerprint density at radius 1 is 1.47 bits per heavy atom. The Balaban J connectivity index is 2.53. The van der Waals surface area contributed by atoms with Crippen molar-refractivity contribution in [3.8, 4) is 0 Å². The molecule has 3 nitrogen and oxygen atoms in total. The van der Waals surface area contributed by atoms with Gasteiger partial charge < -0.3 is 5.32 Å². The van der Waals surface area contributed by atoms with Gasteiger partial charge in [0.25, 0.3) is 0 Å². The van der Waals surface area contributed by atoms with Crippen molar-refractivity contribution in [2.45, 2.75) is 46.1 Å². The first-order valence-electron chi connectivity index (χ1n) is 5.78. The maximum atomic E-state index is 3.94. The molecular formula is C11H21N3S. The van der Waals surface area contributed by atoms with Gasteiger partial charge in [0.1, 0.15) is 0 Å². The molecule has 0 amide bonds. The molecule has 0 fully saturated rings. The molecule has 0 radical (unpaired) electrons. The summed E-state index contributed by atoms with van der Waals surface area (Å²) < 4.78 is 3.94. The predicted molar refractivity (Wildman–Crippen MR) is 65.0 cm³/mol. The highest BCUT2D eigenvalue weighted by molar-refractivity contribution is 7.05. The van der Waals surface area contributed by atoms with Crippen molar-refractivity contribution in [2.75, 3.05) is 6.54 Å². The average molecular weight is 227 g/mol. The molecule has 0 saturated carbocycles. The topological polar surface area (TPSA) is 37.8 Å². The van der Waals surface area contributed by atoms with Crippen LogP contribution >= 0.6 is 11.5 Å². The number of hydrogen-bond acceptors (Lipinski definition) is 4. The molecule has 0 spiro atoms. The highest BCUT2D eigenvalue weighted by Gasteiger charge is 2.15. The number of aromatic nitrogens is 2. The Labute approximate surface area is 96.5 Å². The summed E-state index contributed by atoms with van der Waals surface area (Å²) in [6.07, 6.45) is 5.47. The van der Waals surface area contributed by atoms with Gasteiger partial charge in [0.2, 0.25) is 0 Å². The third kappa shape index (κ3) is 4.26. The zero-order valence-electron chi connectivity index (χ0n) is 9.86. The van der Waals surface area contributed by atoms with E-state index < -0.39 is 0 Å². The standard InChI is InChI=1S/C11H21N3S/c1-4-6-12-10(7-9(3)5-2)11-8-13-14-15-11/h8-10,12H,4-7H2,1-3H3. The summed E-state index contributed by atoms with van der Waals surface area (Å²) in [6.45, 7) is 7.80. The Hall–Kier alpha value is -0.480. The largest absolute Gasteiger partial charge is 0.309 e. The maximum Gasteiger partial charge on any atom is 0.0669 e. The molecule has 0 aliphatic heterocycles. The van der Waals surface area contributed by atoms with Crippen LogP contribution in [0, 0.1) is 5.92 Å². The van der Waals surface area contributed by atoms with Gasteiger partial charge in [0.15, 0.2) is 0 Å². The molecule has 1 aromatic heterocycles. The number of hydrogen-bond donors (Lipinski definition) is 1. The molecule has 4 heteroatoms. The van der Waals surface area contributed by atoms with Gasteiger partial charge in [-0.3, -0.25) is 0 Å². The number of nitrogens with one attached hydrogen (secondary N) is 1. The lowest BCUT2D eigenvalue weighted by molar-refractivity contribution is 0.406. The first-order chi connectivity index (χ1) is 7.27. The molecular weight excluding hydrogens is 206 g/mol. The molecule has 15 heavy (non-hydrogen) atoms. The molecule has 0 bridgehead atoms. The first-order valence-corrected chi connectivity index (χ1v) is 6.55. The van der Waals surface area contributed by atoms with Gasteiger partial charge in [0, 0.05) is 6.04 Å².